The third kappa shape index (κ3) is 3.32. The summed E-state index contributed by atoms with van der Waals surface area (Å²) in [7, 11) is 0. The van der Waals surface area contributed by atoms with Crippen LogP contribution in [-0.2, 0) is 6.54 Å². The molecule has 0 bridgehead atoms. The van der Waals surface area contributed by atoms with Crippen LogP contribution in [0, 0.1) is 5.92 Å². The van der Waals surface area contributed by atoms with Crippen LogP contribution in [0.25, 0.3) is 16.9 Å². The highest BCUT2D eigenvalue weighted by atomic mass is 15.0. The summed E-state index contributed by atoms with van der Waals surface area (Å²) in [5, 5.41) is 0. The minimum atomic E-state index is 0.865. The van der Waals surface area contributed by atoms with Gasteiger partial charge in [0, 0.05) is 24.2 Å². The topological polar surface area (TPSA) is 33.5 Å². The summed E-state index contributed by atoms with van der Waals surface area (Å²) in [6, 6.07) is 10.6. The number of nitrogens with zero attached hydrogens (tertiary/aromatic N) is 4. The van der Waals surface area contributed by atoms with Crippen molar-refractivity contribution < 1.29 is 9.13 Å². The van der Waals surface area contributed by atoms with Crippen LogP contribution >= 0.6 is 0 Å². The van der Waals surface area contributed by atoms with Crippen molar-refractivity contribution >= 4 is 0 Å². The van der Waals surface area contributed by atoms with Crippen molar-refractivity contribution in [2.24, 2.45) is 5.92 Å². The summed E-state index contributed by atoms with van der Waals surface area (Å²) in [5.41, 5.74) is 2.46. The fraction of sp³-hybridized carbons (Fsp3) is 0.300. The maximum atomic E-state index is 4.26. The molecular weight excluding hydrogens is 296 g/mol. The second-order valence-electron chi connectivity index (χ2n) is 6.50. The summed E-state index contributed by atoms with van der Waals surface area (Å²) in [6.45, 7) is 1.16. The van der Waals surface area contributed by atoms with E-state index in [2.05, 4.69) is 51.2 Å². The van der Waals surface area contributed by atoms with Crippen LogP contribution in [0.4, 0.5) is 0 Å². The van der Waals surface area contributed by atoms with E-state index in [1.54, 1.807) is 12.5 Å². The van der Waals surface area contributed by atoms with Crippen LogP contribution in [0.15, 0.2) is 67.6 Å². The minimum absolute atomic E-state index is 0.865. The van der Waals surface area contributed by atoms with Crippen molar-refractivity contribution in [1.82, 2.24) is 9.97 Å². The predicted octanol–water partition coefficient (Wildman–Crippen LogP) is 2.90. The number of aromatic nitrogens is 4. The first-order chi connectivity index (χ1) is 11.9. The third-order valence-electron chi connectivity index (χ3n) is 4.83. The molecule has 4 rings (SSSR count). The Bertz CT molecular complexity index is 776. The third-order valence-corrected chi connectivity index (χ3v) is 4.83. The molecule has 4 nitrogen and oxygen atoms in total. The Labute approximate surface area is 142 Å². The van der Waals surface area contributed by atoms with E-state index in [4.69, 9.17) is 0 Å². The Kier molecular flexibility index (Phi) is 4.28. The molecule has 0 aliphatic heterocycles. The van der Waals surface area contributed by atoms with Crippen molar-refractivity contribution in [3.63, 3.8) is 0 Å². The Morgan fingerprint density at radius 1 is 0.875 bits per heavy atom. The molecule has 0 N–H and O–H groups in total. The maximum absolute atomic E-state index is 4.26. The second kappa shape index (κ2) is 6.87. The van der Waals surface area contributed by atoms with Gasteiger partial charge in [-0.25, -0.2) is 14.1 Å². The van der Waals surface area contributed by atoms with Crippen LogP contribution in [0.5, 0.6) is 0 Å². The van der Waals surface area contributed by atoms with Crippen LogP contribution in [0.3, 0.4) is 0 Å². The fourth-order valence-electron chi connectivity index (χ4n) is 3.47. The zero-order chi connectivity index (χ0) is 16.2. The van der Waals surface area contributed by atoms with E-state index < -0.39 is 0 Å². The van der Waals surface area contributed by atoms with Gasteiger partial charge in [-0.05, 0) is 41.1 Å². The van der Waals surface area contributed by atoms with Gasteiger partial charge in [0.1, 0.15) is 0 Å². The minimum Gasteiger partial charge on any atom is -0.221 e. The number of hydrogen-bond acceptors (Lipinski definition) is 2. The van der Waals surface area contributed by atoms with Gasteiger partial charge in [0.15, 0.2) is 18.9 Å². The summed E-state index contributed by atoms with van der Waals surface area (Å²) in [5.74, 6) is 1.74. The van der Waals surface area contributed by atoms with Gasteiger partial charge in [-0.3, -0.25) is 0 Å². The summed E-state index contributed by atoms with van der Waals surface area (Å²) in [4.78, 5) is 8.21. The van der Waals surface area contributed by atoms with E-state index in [9.17, 15) is 0 Å². The molecule has 3 aromatic heterocycles. The molecule has 3 aromatic rings. The Morgan fingerprint density at radius 3 is 2.17 bits per heavy atom. The average Bonchev–Trinajstić information content (AvgIpc) is 3.16. The fourth-order valence-corrected chi connectivity index (χ4v) is 3.47. The first-order valence-corrected chi connectivity index (χ1v) is 8.66. The van der Waals surface area contributed by atoms with Gasteiger partial charge in [-0.2, -0.15) is 0 Å². The van der Waals surface area contributed by atoms with Crippen molar-refractivity contribution in [2.75, 3.05) is 0 Å². The van der Waals surface area contributed by atoms with E-state index in [0.717, 1.165) is 18.3 Å². The largest absolute Gasteiger partial charge is 0.331 e. The lowest BCUT2D eigenvalue weighted by Gasteiger charge is -2.05. The van der Waals surface area contributed by atoms with E-state index in [0.29, 0.717) is 0 Å². The van der Waals surface area contributed by atoms with E-state index in [1.807, 2.05) is 23.0 Å². The van der Waals surface area contributed by atoms with Crippen molar-refractivity contribution in [3.05, 3.63) is 67.6 Å². The van der Waals surface area contributed by atoms with Crippen LogP contribution in [0.1, 0.15) is 25.7 Å². The molecule has 0 saturated heterocycles. The lowest BCUT2D eigenvalue weighted by molar-refractivity contribution is -0.703. The van der Waals surface area contributed by atoms with Gasteiger partial charge < -0.3 is 0 Å². The zero-order valence-corrected chi connectivity index (χ0v) is 13.8. The molecule has 0 spiro atoms. The maximum Gasteiger partial charge on any atom is 0.331 e. The lowest BCUT2D eigenvalue weighted by Crippen LogP contribution is -2.36. The second-order valence-corrected chi connectivity index (χ2v) is 6.50. The quantitative estimate of drug-likeness (QED) is 0.693. The number of hydrogen-bond donors (Lipinski definition) is 0. The van der Waals surface area contributed by atoms with Crippen LogP contribution in [-0.4, -0.2) is 9.97 Å². The van der Waals surface area contributed by atoms with Gasteiger partial charge >= 0.3 is 5.82 Å². The molecule has 0 aromatic carbocycles. The molecule has 1 aliphatic rings. The molecule has 1 fully saturated rings. The zero-order valence-electron chi connectivity index (χ0n) is 13.8. The van der Waals surface area contributed by atoms with Crippen molar-refractivity contribution in [2.45, 2.75) is 32.2 Å². The normalized spacial score (nSPS) is 14.8. The van der Waals surface area contributed by atoms with Gasteiger partial charge in [-0.15, -0.1) is 0 Å². The highest BCUT2D eigenvalue weighted by molar-refractivity contribution is 5.61. The van der Waals surface area contributed by atoms with Gasteiger partial charge in [0.2, 0.25) is 6.33 Å². The molecular formula is C20H22N4+2. The predicted molar refractivity (Wildman–Crippen MR) is 91.2 cm³/mol. The molecule has 3 heterocycles. The Balaban J connectivity index is 1.49. The monoisotopic (exact) mass is 318 g/mol. The van der Waals surface area contributed by atoms with Gasteiger partial charge in [-0.1, -0.05) is 12.8 Å². The summed E-state index contributed by atoms with van der Waals surface area (Å²) in [6.07, 6.45) is 17.4. The summed E-state index contributed by atoms with van der Waals surface area (Å²) < 4.78 is 4.32. The molecule has 0 unspecified atom stereocenters. The average molecular weight is 318 g/mol. The highest BCUT2D eigenvalue weighted by Crippen LogP contribution is 2.24. The molecule has 120 valence electrons. The molecule has 4 heteroatoms. The van der Waals surface area contributed by atoms with Crippen molar-refractivity contribution in [1.29, 1.82) is 0 Å². The summed E-state index contributed by atoms with van der Waals surface area (Å²) >= 11 is 0. The first kappa shape index (κ1) is 14.9. The smallest absolute Gasteiger partial charge is 0.221 e. The van der Waals surface area contributed by atoms with Crippen LogP contribution < -0.4 is 9.13 Å². The number of pyridine rings is 2. The molecule has 0 atom stereocenters. The SMILES string of the molecule is c1cc(-[n+]2ccc(-c3cc[n+](CC4CCCC4)cc3)cc2)ncn1. The number of rotatable bonds is 4. The van der Waals surface area contributed by atoms with E-state index >= 15 is 0 Å². The van der Waals surface area contributed by atoms with Gasteiger partial charge in [0.05, 0.1) is 18.5 Å². The highest BCUT2D eigenvalue weighted by Gasteiger charge is 2.19. The van der Waals surface area contributed by atoms with E-state index in [-0.39, 0.29) is 0 Å². The Morgan fingerprint density at radius 2 is 1.54 bits per heavy atom. The molecule has 1 saturated carbocycles. The Hall–Kier alpha value is -2.62. The first-order valence-electron chi connectivity index (χ1n) is 8.66. The molecule has 1 aliphatic carbocycles. The lowest BCUT2D eigenvalue weighted by atomic mass is 10.1. The van der Waals surface area contributed by atoms with Gasteiger partial charge in [0.25, 0.3) is 0 Å². The molecule has 0 amide bonds. The van der Waals surface area contributed by atoms with E-state index in [1.165, 1.54) is 36.8 Å². The molecule has 24 heavy (non-hydrogen) atoms. The van der Waals surface area contributed by atoms with Crippen LogP contribution in [0.2, 0.25) is 0 Å². The van der Waals surface area contributed by atoms with Crippen molar-refractivity contribution in [3.8, 4) is 16.9 Å². The molecule has 0 radical (unpaired) electrons. The standard InChI is InChI=1S/C20H22N4/c1-2-4-17(3-1)15-23-11-6-18(7-12-23)19-8-13-24(14-9-19)20-5-10-21-16-22-20/h5-14,16-17H,1-4,15H2/q+2.